The number of nitriles is 1. The molecule has 0 radical (unpaired) electrons. The van der Waals surface area contributed by atoms with Gasteiger partial charge in [0.05, 0.1) is 6.61 Å². The van der Waals surface area contributed by atoms with Crippen LogP contribution in [0.1, 0.15) is 23.0 Å². The van der Waals surface area contributed by atoms with Gasteiger partial charge in [0.25, 0.3) is 0 Å². The molecule has 1 aromatic carbocycles. The van der Waals surface area contributed by atoms with Crippen LogP contribution in [0.2, 0.25) is 0 Å². The molecule has 5 nitrogen and oxygen atoms in total. The van der Waals surface area contributed by atoms with Crippen LogP contribution in [0.25, 0.3) is 11.0 Å². The average molecular weight is 259 g/mol. The Bertz CT molecular complexity index is 638. The molecular formula is C14H13NO4. The monoisotopic (exact) mass is 259 g/mol. The molecular weight excluding hydrogens is 246 g/mol. The van der Waals surface area contributed by atoms with E-state index in [1.165, 1.54) is 14.0 Å². The van der Waals surface area contributed by atoms with E-state index in [-0.39, 0.29) is 12.4 Å². The fraction of sp³-hybridized carbons (Fsp3) is 0.286. The van der Waals surface area contributed by atoms with Crippen molar-refractivity contribution in [3.05, 3.63) is 35.6 Å². The summed E-state index contributed by atoms with van der Waals surface area (Å²) in [5.74, 6) is -0.567. The van der Waals surface area contributed by atoms with Crippen LogP contribution in [0.15, 0.2) is 28.7 Å². The van der Waals surface area contributed by atoms with Crippen LogP contribution in [0.4, 0.5) is 0 Å². The van der Waals surface area contributed by atoms with E-state index < -0.39 is 12.1 Å². The number of methoxy groups -OCH3 is 1. The highest BCUT2D eigenvalue weighted by atomic mass is 16.6. The Hall–Kier alpha value is -2.32. The zero-order chi connectivity index (χ0) is 13.8. The molecule has 0 aliphatic rings. The van der Waals surface area contributed by atoms with E-state index in [1.54, 1.807) is 6.07 Å². The lowest BCUT2D eigenvalue weighted by atomic mass is 10.1. The zero-order valence-corrected chi connectivity index (χ0v) is 10.7. The van der Waals surface area contributed by atoms with Crippen LogP contribution in [0.3, 0.4) is 0 Å². The minimum Gasteiger partial charge on any atom is -0.449 e. The number of benzene rings is 1. The number of hydrogen-bond acceptors (Lipinski definition) is 5. The highest BCUT2D eigenvalue weighted by Gasteiger charge is 2.23. The number of rotatable bonds is 4. The Balaban J connectivity index is 2.44. The molecule has 2 aromatic rings. The van der Waals surface area contributed by atoms with Gasteiger partial charge in [-0.25, -0.2) is 4.79 Å². The Morgan fingerprint density at radius 2 is 2.21 bits per heavy atom. The Kier molecular flexibility index (Phi) is 3.83. The highest BCUT2D eigenvalue weighted by Crippen LogP contribution is 2.27. The van der Waals surface area contributed by atoms with E-state index in [2.05, 4.69) is 0 Å². The molecule has 0 aliphatic heterocycles. The van der Waals surface area contributed by atoms with Crippen LogP contribution < -0.4 is 0 Å². The molecule has 0 fully saturated rings. The maximum Gasteiger partial charge on any atom is 0.375 e. The number of hydrogen-bond donors (Lipinski definition) is 0. The molecule has 0 spiro atoms. The van der Waals surface area contributed by atoms with Gasteiger partial charge >= 0.3 is 5.97 Å². The minimum absolute atomic E-state index is 0.0881. The lowest BCUT2D eigenvalue weighted by molar-refractivity contribution is 0.0395. The van der Waals surface area contributed by atoms with Crippen molar-refractivity contribution in [2.24, 2.45) is 0 Å². The topological polar surface area (TPSA) is 72.5 Å². The molecule has 0 amide bonds. The number of carbonyl (C=O) groups is 1. The first-order valence-electron chi connectivity index (χ1n) is 5.77. The van der Waals surface area contributed by atoms with Gasteiger partial charge in [0, 0.05) is 18.1 Å². The molecule has 0 saturated carbocycles. The molecule has 0 bridgehead atoms. The van der Waals surface area contributed by atoms with E-state index in [1.807, 2.05) is 24.3 Å². The molecule has 0 saturated heterocycles. The summed E-state index contributed by atoms with van der Waals surface area (Å²) in [4.78, 5) is 12.0. The molecule has 98 valence electrons. The Morgan fingerprint density at radius 1 is 1.47 bits per heavy atom. The molecule has 0 N–H and O–H groups in total. The van der Waals surface area contributed by atoms with E-state index >= 15 is 0 Å². The quantitative estimate of drug-likeness (QED) is 0.789. The summed E-state index contributed by atoms with van der Waals surface area (Å²) in [6.07, 6.45) is -0.823. The van der Waals surface area contributed by atoms with Crippen molar-refractivity contribution in [1.82, 2.24) is 0 Å². The zero-order valence-electron chi connectivity index (χ0n) is 10.7. The van der Waals surface area contributed by atoms with Crippen molar-refractivity contribution in [3.8, 4) is 6.07 Å². The first kappa shape index (κ1) is 13.1. The SMILES string of the molecule is COCc1c(C(=O)OC(C)C#N)oc2ccccc12. The van der Waals surface area contributed by atoms with Crippen LogP contribution in [0.5, 0.6) is 0 Å². The van der Waals surface area contributed by atoms with Crippen molar-refractivity contribution < 1.29 is 18.7 Å². The van der Waals surface area contributed by atoms with Crippen molar-refractivity contribution in [2.45, 2.75) is 19.6 Å². The molecule has 1 unspecified atom stereocenters. The van der Waals surface area contributed by atoms with Gasteiger partial charge < -0.3 is 13.9 Å². The number of nitrogens with zero attached hydrogens (tertiary/aromatic N) is 1. The van der Waals surface area contributed by atoms with Gasteiger partial charge in [-0.1, -0.05) is 18.2 Å². The molecule has 19 heavy (non-hydrogen) atoms. The highest BCUT2D eigenvalue weighted by molar-refractivity contribution is 5.96. The summed E-state index contributed by atoms with van der Waals surface area (Å²) in [6.45, 7) is 1.74. The number of ether oxygens (including phenoxy) is 2. The fourth-order valence-corrected chi connectivity index (χ4v) is 1.79. The third-order valence-corrected chi connectivity index (χ3v) is 2.64. The van der Waals surface area contributed by atoms with Gasteiger partial charge in [0.15, 0.2) is 6.10 Å². The number of carbonyl (C=O) groups excluding carboxylic acids is 1. The first-order valence-corrected chi connectivity index (χ1v) is 5.77. The van der Waals surface area contributed by atoms with Gasteiger partial charge in [-0.2, -0.15) is 5.26 Å². The molecule has 0 aliphatic carbocycles. The first-order chi connectivity index (χ1) is 9.17. The molecule has 1 aromatic heterocycles. The Morgan fingerprint density at radius 3 is 2.89 bits per heavy atom. The van der Waals surface area contributed by atoms with Crippen LogP contribution in [0, 0.1) is 11.3 Å². The summed E-state index contributed by atoms with van der Waals surface area (Å²) >= 11 is 0. The summed E-state index contributed by atoms with van der Waals surface area (Å²) in [6, 6.07) is 9.11. The van der Waals surface area contributed by atoms with E-state index in [4.69, 9.17) is 19.2 Å². The number of esters is 1. The molecule has 1 atom stereocenters. The van der Waals surface area contributed by atoms with Crippen LogP contribution in [-0.2, 0) is 16.1 Å². The largest absolute Gasteiger partial charge is 0.449 e. The number of furan rings is 1. The smallest absolute Gasteiger partial charge is 0.375 e. The second kappa shape index (κ2) is 5.55. The van der Waals surface area contributed by atoms with Crippen molar-refractivity contribution >= 4 is 16.9 Å². The van der Waals surface area contributed by atoms with Gasteiger partial charge in [0.2, 0.25) is 5.76 Å². The second-order valence-electron chi connectivity index (χ2n) is 4.02. The van der Waals surface area contributed by atoms with Gasteiger partial charge in [-0.05, 0) is 13.0 Å². The van der Waals surface area contributed by atoms with Crippen LogP contribution in [-0.4, -0.2) is 19.2 Å². The van der Waals surface area contributed by atoms with E-state index in [0.29, 0.717) is 11.1 Å². The van der Waals surface area contributed by atoms with E-state index in [9.17, 15) is 4.79 Å². The van der Waals surface area contributed by atoms with Gasteiger partial charge in [0.1, 0.15) is 11.7 Å². The lowest BCUT2D eigenvalue weighted by Crippen LogP contribution is -2.14. The third kappa shape index (κ3) is 2.59. The minimum atomic E-state index is -0.823. The predicted molar refractivity (Wildman–Crippen MR) is 67.4 cm³/mol. The summed E-state index contributed by atoms with van der Waals surface area (Å²) < 4.78 is 15.5. The lowest BCUT2D eigenvalue weighted by Gasteiger charge is -2.05. The van der Waals surface area contributed by atoms with Crippen LogP contribution >= 0.6 is 0 Å². The molecule has 2 rings (SSSR count). The van der Waals surface area contributed by atoms with Gasteiger partial charge in [-0.15, -0.1) is 0 Å². The average Bonchev–Trinajstić information content (AvgIpc) is 2.78. The Labute approximate surface area is 110 Å². The van der Waals surface area contributed by atoms with Gasteiger partial charge in [-0.3, -0.25) is 0 Å². The normalized spacial score (nSPS) is 12.1. The standard InChI is InChI=1S/C14H13NO4/c1-9(7-15)18-14(16)13-11(8-17-2)10-5-3-4-6-12(10)19-13/h3-6,9H,8H2,1-2H3. The summed E-state index contributed by atoms with van der Waals surface area (Å²) in [5, 5.41) is 9.47. The van der Waals surface area contributed by atoms with E-state index in [0.717, 1.165) is 5.39 Å². The predicted octanol–water partition coefficient (Wildman–Crippen LogP) is 2.65. The maximum absolute atomic E-state index is 12.0. The number of fused-ring (bicyclic) bond motifs is 1. The van der Waals surface area contributed by atoms with Crippen molar-refractivity contribution in [1.29, 1.82) is 5.26 Å². The van der Waals surface area contributed by atoms with Crippen molar-refractivity contribution in [2.75, 3.05) is 7.11 Å². The number of para-hydroxylation sites is 1. The summed E-state index contributed by atoms with van der Waals surface area (Å²) in [7, 11) is 1.54. The summed E-state index contributed by atoms with van der Waals surface area (Å²) in [5.41, 5.74) is 1.22. The fourth-order valence-electron chi connectivity index (χ4n) is 1.79. The molecule has 5 heteroatoms. The third-order valence-electron chi connectivity index (χ3n) is 2.64. The molecule has 1 heterocycles. The van der Waals surface area contributed by atoms with Crippen molar-refractivity contribution in [3.63, 3.8) is 0 Å². The maximum atomic E-state index is 12.0. The second-order valence-corrected chi connectivity index (χ2v) is 4.02.